The average Bonchev–Trinajstić information content (AvgIpc) is 3.17. The molecule has 3 aromatic rings. The Bertz CT molecular complexity index is 1020. The van der Waals surface area contributed by atoms with Crippen LogP contribution in [0.5, 0.6) is 11.5 Å². The summed E-state index contributed by atoms with van der Waals surface area (Å²) in [6.07, 6.45) is 1.57. The molecule has 7 heteroatoms. The molecule has 0 radical (unpaired) electrons. The van der Waals surface area contributed by atoms with E-state index in [1.165, 1.54) is 0 Å². The molecule has 4 rings (SSSR count). The number of ether oxygens (including phenoxy) is 2. The van der Waals surface area contributed by atoms with Crippen LogP contribution in [0, 0.1) is 13.8 Å². The molecule has 142 valence electrons. The number of hydrogen-bond donors (Lipinski definition) is 2. The monoisotopic (exact) mass is 376 g/mol. The maximum Gasteiger partial charge on any atom is 0.270 e. The lowest BCUT2D eigenvalue weighted by Gasteiger charge is -2.12. The Hall–Kier alpha value is -3.61. The lowest BCUT2D eigenvalue weighted by atomic mass is 10.1. The summed E-state index contributed by atoms with van der Waals surface area (Å²) in [5.41, 5.74) is 4.33. The normalized spacial score (nSPS) is 11.9. The topological polar surface area (TPSA) is 85.4 Å². The number of carbonyl (C=O) groups is 1. The number of anilines is 2. The maximum absolute atomic E-state index is 12.5. The van der Waals surface area contributed by atoms with Gasteiger partial charge in [0.2, 0.25) is 12.7 Å². The number of benzene rings is 2. The number of hydrogen-bond acceptors (Lipinski definition) is 6. The van der Waals surface area contributed by atoms with E-state index < -0.39 is 0 Å². The zero-order valence-corrected chi connectivity index (χ0v) is 15.7. The predicted molar refractivity (Wildman–Crippen MR) is 105 cm³/mol. The zero-order chi connectivity index (χ0) is 19.5. The molecule has 0 saturated carbocycles. The molecule has 2 N–H and O–H groups in total. The zero-order valence-electron chi connectivity index (χ0n) is 15.7. The third-order valence-electron chi connectivity index (χ3n) is 4.50. The minimum absolute atomic E-state index is 0.224. The van der Waals surface area contributed by atoms with Crippen molar-refractivity contribution in [2.45, 2.75) is 20.4 Å². The molecule has 1 aliphatic heterocycles. The molecule has 0 saturated heterocycles. The van der Waals surface area contributed by atoms with E-state index in [1.807, 2.05) is 50.2 Å². The number of nitrogens with zero attached hydrogens (tertiary/aromatic N) is 2. The minimum atomic E-state index is -0.273. The van der Waals surface area contributed by atoms with Crippen molar-refractivity contribution in [3.05, 3.63) is 71.0 Å². The van der Waals surface area contributed by atoms with Crippen molar-refractivity contribution in [2.75, 3.05) is 12.1 Å². The second-order valence-corrected chi connectivity index (χ2v) is 6.53. The van der Waals surface area contributed by atoms with Crippen molar-refractivity contribution in [3.8, 4) is 11.5 Å². The van der Waals surface area contributed by atoms with E-state index in [0.717, 1.165) is 22.4 Å². The Morgan fingerprint density at radius 2 is 1.86 bits per heavy atom. The van der Waals surface area contributed by atoms with Crippen LogP contribution in [-0.2, 0) is 6.54 Å². The highest BCUT2D eigenvalue weighted by molar-refractivity contribution is 5.92. The van der Waals surface area contributed by atoms with Crippen molar-refractivity contribution in [3.63, 3.8) is 0 Å². The molecule has 0 bridgehead atoms. The Morgan fingerprint density at radius 1 is 1.07 bits per heavy atom. The summed E-state index contributed by atoms with van der Waals surface area (Å²) in [5.74, 6) is 1.51. The van der Waals surface area contributed by atoms with Crippen molar-refractivity contribution < 1.29 is 14.3 Å². The molecule has 2 heterocycles. The summed E-state index contributed by atoms with van der Waals surface area (Å²) < 4.78 is 10.7. The van der Waals surface area contributed by atoms with Crippen LogP contribution in [0.25, 0.3) is 0 Å². The molecule has 7 nitrogen and oxygen atoms in total. The molecule has 1 aliphatic rings. The van der Waals surface area contributed by atoms with Crippen molar-refractivity contribution in [2.24, 2.45) is 0 Å². The highest BCUT2D eigenvalue weighted by atomic mass is 16.7. The van der Waals surface area contributed by atoms with Crippen LogP contribution in [0.2, 0.25) is 0 Å². The molecule has 0 aliphatic carbocycles. The van der Waals surface area contributed by atoms with Crippen molar-refractivity contribution in [1.82, 2.24) is 15.3 Å². The van der Waals surface area contributed by atoms with Gasteiger partial charge in [-0.25, -0.2) is 9.97 Å². The quantitative estimate of drug-likeness (QED) is 0.709. The SMILES string of the molecule is Cc1cccc(C)c1Nc1nccc(C(=O)NCc2ccc3c(c2)OCO3)n1. The summed E-state index contributed by atoms with van der Waals surface area (Å²) in [4.78, 5) is 21.1. The number of aromatic nitrogens is 2. The summed E-state index contributed by atoms with van der Waals surface area (Å²) in [6.45, 7) is 4.61. The largest absolute Gasteiger partial charge is 0.454 e. The Kier molecular flexibility index (Phi) is 4.80. The van der Waals surface area contributed by atoms with E-state index in [1.54, 1.807) is 12.3 Å². The van der Waals surface area contributed by atoms with E-state index in [0.29, 0.717) is 29.7 Å². The van der Waals surface area contributed by atoms with E-state index in [2.05, 4.69) is 20.6 Å². The smallest absolute Gasteiger partial charge is 0.270 e. The van der Waals surface area contributed by atoms with Gasteiger partial charge >= 0.3 is 0 Å². The molecular formula is C21H20N4O3. The maximum atomic E-state index is 12.5. The first-order valence-corrected chi connectivity index (χ1v) is 8.93. The van der Waals surface area contributed by atoms with Gasteiger partial charge in [-0.15, -0.1) is 0 Å². The van der Waals surface area contributed by atoms with Crippen molar-refractivity contribution >= 4 is 17.5 Å². The summed E-state index contributed by atoms with van der Waals surface area (Å²) in [5, 5.41) is 6.07. The van der Waals surface area contributed by atoms with Gasteiger partial charge in [-0.3, -0.25) is 4.79 Å². The number of rotatable bonds is 5. The van der Waals surface area contributed by atoms with Gasteiger partial charge < -0.3 is 20.1 Å². The fourth-order valence-electron chi connectivity index (χ4n) is 2.99. The number of fused-ring (bicyclic) bond motifs is 1. The van der Waals surface area contributed by atoms with E-state index >= 15 is 0 Å². The third-order valence-corrected chi connectivity index (χ3v) is 4.50. The van der Waals surface area contributed by atoms with Gasteiger partial charge in [0.05, 0.1) is 0 Å². The molecule has 0 unspecified atom stereocenters. The van der Waals surface area contributed by atoms with Crippen LogP contribution in [-0.4, -0.2) is 22.7 Å². The highest BCUT2D eigenvalue weighted by Gasteiger charge is 2.14. The first-order valence-electron chi connectivity index (χ1n) is 8.93. The predicted octanol–water partition coefficient (Wildman–Crippen LogP) is 3.50. The number of para-hydroxylation sites is 1. The lowest BCUT2D eigenvalue weighted by Crippen LogP contribution is -2.24. The van der Waals surface area contributed by atoms with Crippen LogP contribution < -0.4 is 20.1 Å². The summed E-state index contributed by atoms with van der Waals surface area (Å²) >= 11 is 0. The number of nitrogens with one attached hydrogen (secondary N) is 2. The average molecular weight is 376 g/mol. The van der Waals surface area contributed by atoms with Gasteiger partial charge in [0.15, 0.2) is 11.5 Å². The standard InChI is InChI=1S/C21H20N4O3/c1-13-4-3-5-14(2)19(13)25-21-22-9-8-16(24-21)20(26)23-11-15-6-7-17-18(10-15)28-12-27-17/h3-10H,11-12H2,1-2H3,(H,23,26)(H,22,24,25). The number of aryl methyl sites for hydroxylation is 2. The van der Waals surface area contributed by atoms with Gasteiger partial charge in [-0.05, 0) is 48.7 Å². The number of amides is 1. The molecule has 2 aromatic carbocycles. The first-order chi connectivity index (χ1) is 13.6. The Labute approximate surface area is 162 Å². The molecule has 1 aromatic heterocycles. The van der Waals surface area contributed by atoms with Crippen LogP contribution in [0.15, 0.2) is 48.7 Å². The number of carbonyl (C=O) groups excluding carboxylic acids is 1. The van der Waals surface area contributed by atoms with Crippen LogP contribution >= 0.6 is 0 Å². The fourth-order valence-corrected chi connectivity index (χ4v) is 2.99. The highest BCUT2D eigenvalue weighted by Crippen LogP contribution is 2.32. The Morgan fingerprint density at radius 3 is 2.68 bits per heavy atom. The van der Waals surface area contributed by atoms with Crippen LogP contribution in [0.1, 0.15) is 27.2 Å². The van der Waals surface area contributed by atoms with Gasteiger partial charge in [-0.2, -0.15) is 0 Å². The molecule has 1 amide bonds. The summed E-state index contributed by atoms with van der Waals surface area (Å²) in [6, 6.07) is 13.2. The summed E-state index contributed by atoms with van der Waals surface area (Å²) in [7, 11) is 0. The second kappa shape index (κ2) is 7.56. The van der Waals surface area contributed by atoms with Gasteiger partial charge in [0, 0.05) is 18.4 Å². The van der Waals surface area contributed by atoms with E-state index in [9.17, 15) is 4.79 Å². The molecule has 0 fully saturated rings. The van der Waals surface area contributed by atoms with E-state index in [-0.39, 0.29) is 12.7 Å². The van der Waals surface area contributed by atoms with Crippen LogP contribution in [0.3, 0.4) is 0 Å². The molecule has 28 heavy (non-hydrogen) atoms. The second-order valence-electron chi connectivity index (χ2n) is 6.53. The lowest BCUT2D eigenvalue weighted by molar-refractivity contribution is 0.0946. The first kappa shape index (κ1) is 17.8. The Balaban J connectivity index is 1.44. The van der Waals surface area contributed by atoms with Gasteiger partial charge in [0.25, 0.3) is 5.91 Å². The molecule has 0 atom stereocenters. The fraction of sp³-hybridized carbons (Fsp3) is 0.190. The minimum Gasteiger partial charge on any atom is -0.454 e. The molecular weight excluding hydrogens is 356 g/mol. The van der Waals surface area contributed by atoms with Gasteiger partial charge in [-0.1, -0.05) is 24.3 Å². The van der Waals surface area contributed by atoms with E-state index in [4.69, 9.17) is 9.47 Å². The van der Waals surface area contributed by atoms with Gasteiger partial charge in [0.1, 0.15) is 5.69 Å². The van der Waals surface area contributed by atoms with Crippen LogP contribution in [0.4, 0.5) is 11.6 Å². The molecule has 0 spiro atoms. The van der Waals surface area contributed by atoms with Crippen molar-refractivity contribution in [1.29, 1.82) is 0 Å². The third kappa shape index (κ3) is 3.73.